The van der Waals surface area contributed by atoms with Crippen molar-refractivity contribution in [3.8, 4) is 5.75 Å². The fourth-order valence-corrected chi connectivity index (χ4v) is 6.52. The summed E-state index contributed by atoms with van der Waals surface area (Å²) in [6.07, 6.45) is 1.40. The average molecular weight is 618 g/mol. The number of carbonyl (C=O) groups is 1. The molecule has 1 amide bonds. The third kappa shape index (κ3) is 7.21. The molecular weight excluding hydrogens is 582 g/mol. The van der Waals surface area contributed by atoms with E-state index in [9.17, 15) is 13.2 Å². The monoisotopic (exact) mass is 617 g/mol. The van der Waals surface area contributed by atoms with Gasteiger partial charge in [-0.2, -0.15) is 0 Å². The molecule has 0 radical (unpaired) electrons. The summed E-state index contributed by atoms with van der Waals surface area (Å²) < 4.78 is 39.1. The summed E-state index contributed by atoms with van der Waals surface area (Å²) in [4.78, 5) is 22.2. The second kappa shape index (κ2) is 13.9. The minimum Gasteiger partial charge on any atom is -0.494 e. The lowest BCUT2D eigenvalue weighted by atomic mass is 9.83. The Morgan fingerprint density at radius 2 is 1.82 bits per heavy atom. The molecule has 0 saturated heterocycles. The molecule has 3 aromatic rings. The summed E-state index contributed by atoms with van der Waals surface area (Å²) in [7, 11) is -3.77. The molecule has 3 aromatic carbocycles. The van der Waals surface area contributed by atoms with Gasteiger partial charge in [0.2, 0.25) is 5.90 Å². The molecule has 44 heavy (non-hydrogen) atoms. The number of nitrogens with one attached hydrogen (secondary N) is 1. The van der Waals surface area contributed by atoms with Gasteiger partial charge in [-0.25, -0.2) is 13.4 Å². The van der Waals surface area contributed by atoms with Crippen LogP contribution < -0.4 is 10.1 Å². The molecule has 0 aromatic heterocycles. The van der Waals surface area contributed by atoms with Crippen molar-refractivity contribution in [2.75, 3.05) is 25.5 Å². The largest absolute Gasteiger partial charge is 0.494 e. The highest BCUT2D eigenvalue weighted by molar-refractivity contribution is 7.91. The van der Waals surface area contributed by atoms with Crippen LogP contribution >= 0.6 is 0 Å². The first-order chi connectivity index (χ1) is 21.4. The van der Waals surface area contributed by atoms with Crippen molar-refractivity contribution in [3.63, 3.8) is 0 Å². The van der Waals surface area contributed by atoms with E-state index in [4.69, 9.17) is 25.1 Å². The zero-order valence-corrected chi connectivity index (χ0v) is 25.0. The van der Waals surface area contributed by atoms with Crippen molar-refractivity contribution in [2.45, 2.75) is 48.8 Å². The summed E-state index contributed by atoms with van der Waals surface area (Å²) in [6, 6.07) is 22.3. The number of rotatable bonds is 15. The molecule has 2 N–H and O–H groups in total. The van der Waals surface area contributed by atoms with E-state index in [0.717, 1.165) is 12.8 Å². The Balaban J connectivity index is 1.57. The van der Waals surface area contributed by atoms with Crippen molar-refractivity contribution in [1.29, 1.82) is 0 Å². The summed E-state index contributed by atoms with van der Waals surface area (Å²) >= 11 is 0. The molecule has 12 heteroatoms. The summed E-state index contributed by atoms with van der Waals surface area (Å²) in [6.45, 7) is 0.862. The lowest BCUT2D eigenvalue weighted by Gasteiger charge is -2.31. The summed E-state index contributed by atoms with van der Waals surface area (Å²) in [5.74, 6) is 0.397. The van der Waals surface area contributed by atoms with E-state index in [2.05, 4.69) is 15.3 Å². The normalized spacial score (nSPS) is 19.4. The summed E-state index contributed by atoms with van der Waals surface area (Å²) in [5.41, 5.74) is 9.20. The van der Waals surface area contributed by atoms with E-state index in [1.807, 2.05) is 0 Å². The molecule has 5 rings (SSSR count). The van der Waals surface area contributed by atoms with Crippen LogP contribution in [0.25, 0.3) is 10.4 Å². The fraction of sp³-hybridized carbons (Fsp3) is 0.375. The van der Waals surface area contributed by atoms with Gasteiger partial charge in [-0.3, -0.25) is 4.79 Å². The van der Waals surface area contributed by atoms with Crippen molar-refractivity contribution in [1.82, 2.24) is 5.32 Å². The minimum atomic E-state index is -3.77. The maximum Gasteiger partial charge on any atom is 0.252 e. The number of nitrogens with zero attached hydrogens (tertiary/aromatic N) is 4. The van der Waals surface area contributed by atoms with Crippen LogP contribution in [0.5, 0.6) is 5.75 Å². The first-order valence-electron chi connectivity index (χ1n) is 14.6. The van der Waals surface area contributed by atoms with Crippen LogP contribution in [-0.4, -0.2) is 56.4 Å². The molecule has 2 atom stereocenters. The molecule has 0 bridgehead atoms. The number of azide groups is 1. The third-order valence-electron chi connectivity index (χ3n) is 7.77. The molecule has 0 spiro atoms. The van der Waals surface area contributed by atoms with Gasteiger partial charge in [-0.05, 0) is 71.8 Å². The highest BCUT2D eigenvalue weighted by Crippen LogP contribution is 2.44. The van der Waals surface area contributed by atoms with Crippen LogP contribution in [0.4, 0.5) is 0 Å². The van der Waals surface area contributed by atoms with Crippen molar-refractivity contribution >= 4 is 21.6 Å². The fourth-order valence-electron chi connectivity index (χ4n) is 5.14. The third-order valence-corrected chi connectivity index (χ3v) is 9.51. The molecule has 11 nitrogen and oxygen atoms in total. The standard InChI is InChI=1S/C32H35N5O6S/c33-37-35-22-25-7-4-5-10-28(25)29-32(31(39)34-21-23-11-12-23,17-20-44(40,41)27-8-2-1-3-9-27)36-30(43-29)24-13-15-26(16-14-24)42-19-6-18-38/h1-5,7-10,13-16,23,29,38H,6,11-12,17-22H2,(H,34,39)/t29-,32-/m1/s1. The number of benzene rings is 3. The molecular formula is C32H35N5O6S. The Bertz CT molecular complexity index is 1640. The number of aliphatic imine (C=N–C) groups is 1. The number of aliphatic hydroxyl groups is 1. The number of ether oxygens (including phenoxy) is 2. The molecule has 230 valence electrons. The van der Waals surface area contributed by atoms with Gasteiger partial charge in [0.05, 0.1) is 23.8 Å². The smallest absolute Gasteiger partial charge is 0.252 e. The maximum atomic E-state index is 14.2. The first-order valence-corrected chi connectivity index (χ1v) is 16.3. The van der Waals surface area contributed by atoms with Gasteiger partial charge in [-0.15, -0.1) is 0 Å². The average Bonchev–Trinajstić information content (AvgIpc) is 3.81. The SMILES string of the molecule is [N-]=[N+]=NCc1ccccc1[C@H]1OC(c2ccc(OCCCO)cc2)=N[C@@]1(CCS(=O)(=O)c1ccccc1)C(=O)NCC1CC1. The van der Waals surface area contributed by atoms with Crippen molar-refractivity contribution in [2.24, 2.45) is 16.0 Å². The van der Waals surface area contributed by atoms with E-state index in [0.29, 0.717) is 47.9 Å². The Labute approximate surface area is 256 Å². The Morgan fingerprint density at radius 3 is 2.52 bits per heavy atom. The van der Waals surface area contributed by atoms with Crippen molar-refractivity contribution < 1.29 is 27.8 Å². The van der Waals surface area contributed by atoms with E-state index in [-0.39, 0.29) is 36.1 Å². The number of amides is 1. The van der Waals surface area contributed by atoms with Gasteiger partial charge in [0.25, 0.3) is 5.91 Å². The van der Waals surface area contributed by atoms with Crippen LogP contribution in [0.2, 0.25) is 0 Å². The molecule has 1 aliphatic carbocycles. The molecule has 0 unspecified atom stereocenters. The van der Waals surface area contributed by atoms with Crippen LogP contribution in [0.1, 0.15) is 48.5 Å². The van der Waals surface area contributed by atoms with Crippen LogP contribution in [0.3, 0.4) is 0 Å². The Kier molecular flexibility index (Phi) is 9.84. The number of sulfone groups is 1. The second-order valence-electron chi connectivity index (χ2n) is 10.9. The number of carbonyl (C=O) groups excluding carboxylic acids is 1. The maximum absolute atomic E-state index is 14.2. The van der Waals surface area contributed by atoms with E-state index in [1.54, 1.807) is 66.7 Å². The molecule has 2 aliphatic rings. The van der Waals surface area contributed by atoms with Gasteiger partial charge in [0.15, 0.2) is 21.5 Å². The summed E-state index contributed by atoms with van der Waals surface area (Å²) in [5, 5.41) is 15.8. The van der Waals surface area contributed by atoms with Gasteiger partial charge < -0.3 is 19.9 Å². The zero-order chi connectivity index (χ0) is 31.0. The van der Waals surface area contributed by atoms with Crippen LogP contribution in [0.15, 0.2) is 93.9 Å². The first kappa shape index (κ1) is 31.1. The lowest BCUT2D eigenvalue weighted by molar-refractivity contribution is -0.129. The van der Waals surface area contributed by atoms with Gasteiger partial charge in [-0.1, -0.05) is 47.6 Å². The zero-order valence-electron chi connectivity index (χ0n) is 24.2. The van der Waals surface area contributed by atoms with E-state index in [1.165, 1.54) is 12.1 Å². The van der Waals surface area contributed by atoms with Crippen LogP contribution in [-0.2, 0) is 25.9 Å². The quantitative estimate of drug-likeness (QED) is 0.107. The highest BCUT2D eigenvalue weighted by atomic mass is 32.2. The van der Waals surface area contributed by atoms with Crippen molar-refractivity contribution in [3.05, 3.63) is 106 Å². The second-order valence-corrected chi connectivity index (χ2v) is 13.0. The van der Waals surface area contributed by atoms with Gasteiger partial charge in [0, 0.05) is 36.5 Å². The predicted octanol–water partition coefficient (Wildman–Crippen LogP) is 4.91. The van der Waals surface area contributed by atoms with E-state index < -0.39 is 27.4 Å². The van der Waals surface area contributed by atoms with E-state index >= 15 is 0 Å². The van der Waals surface area contributed by atoms with Gasteiger partial charge >= 0.3 is 0 Å². The number of hydrogen-bond acceptors (Lipinski definition) is 8. The number of hydrogen-bond donors (Lipinski definition) is 2. The topological polar surface area (TPSA) is 163 Å². The molecule has 1 heterocycles. The molecule has 1 aliphatic heterocycles. The lowest BCUT2D eigenvalue weighted by Crippen LogP contribution is -2.50. The minimum absolute atomic E-state index is 0.0177. The Morgan fingerprint density at radius 1 is 1.09 bits per heavy atom. The van der Waals surface area contributed by atoms with Crippen LogP contribution in [0, 0.1) is 5.92 Å². The highest BCUT2D eigenvalue weighted by Gasteiger charge is 2.54. The number of aliphatic hydroxyl groups excluding tert-OH is 1. The Hall–Kier alpha value is -4.38. The predicted molar refractivity (Wildman–Crippen MR) is 165 cm³/mol. The van der Waals surface area contributed by atoms with Gasteiger partial charge in [0.1, 0.15) is 5.75 Å². The molecule has 1 saturated carbocycles. The molecule has 1 fully saturated rings.